The molecule has 0 fully saturated rings. The Kier molecular flexibility index (Phi) is 5.19. The maximum atomic E-state index is 11.5. The maximum absolute atomic E-state index is 11.5. The Bertz CT molecular complexity index is 1430. The molecule has 4 nitrogen and oxygen atoms in total. The number of benzene rings is 4. The van der Waals surface area contributed by atoms with Crippen molar-refractivity contribution in [3.63, 3.8) is 0 Å². The summed E-state index contributed by atoms with van der Waals surface area (Å²) in [6.07, 6.45) is 0. The van der Waals surface area contributed by atoms with Crippen molar-refractivity contribution in [2.45, 2.75) is 19.3 Å². The van der Waals surface area contributed by atoms with Crippen molar-refractivity contribution in [2.75, 3.05) is 4.90 Å². The van der Waals surface area contributed by atoms with E-state index in [2.05, 4.69) is 67.3 Å². The van der Waals surface area contributed by atoms with Gasteiger partial charge in [-0.1, -0.05) is 74.5 Å². The molecule has 0 aromatic heterocycles. The van der Waals surface area contributed by atoms with E-state index in [1.807, 2.05) is 36.4 Å². The van der Waals surface area contributed by atoms with Gasteiger partial charge in [-0.05, 0) is 58.7 Å². The van der Waals surface area contributed by atoms with Crippen LogP contribution < -0.4 is 9.08 Å². The molecule has 0 unspecified atom stereocenters. The first kappa shape index (κ1) is 21.6. The number of nitrogens with zero attached hydrogens (tertiary/aromatic N) is 1. The van der Waals surface area contributed by atoms with Gasteiger partial charge in [0.15, 0.2) is 0 Å². The molecular formula is C27H22ClNO3S. The number of para-hydroxylation sites is 1. The van der Waals surface area contributed by atoms with Gasteiger partial charge in [0, 0.05) is 11.1 Å². The molecule has 1 aliphatic rings. The summed E-state index contributed by atoms with van der Waals surface area (Å²) in [6.45, 7) is 4.25. The van der Waals surface area contributed by atoms with E-state index in [4.69, 9.17) is 14.9 Å². The van der Waals surface area contributed by atoms with Crippen molar-refractivity contribution in [3.05, 3.63) is 108 Å². The smallest absolute Gasteiger partial charge is 0.371 e. The summed E-state index contributed by atoms with van der Waals surface area (Å²) in [5.74, 6) is 0.190. The Morgan fingerprint density at radius 1 is 0.727 bits per heavy atom. The molecule has 0 atom stereocenters. The van der Waals surface area contributed by atoms with Crippen molar-refractivity contribution in [1.82, 2.24) is 0 Å². The van der Waals surface area contributed by atoms with E-state index in [0.717, 1.165) is 39.3 Å². The third-order valence-corrected chi connectivity index (χ3v) is 6.71. The molecule has 0 spiro atoms. The first-order chi connectivity index (χ1) is 15.7. The number of halogens is 1. The largest absolute Gasteiger partial charge is 0.401 e. The van der Waals surface area contributed by atoms with Crippen LogP contribution in [0.1, 0.15) is 25.0 Å². The molecule has 6 heteroatoms. The zero-order chi connectivity index (χ0) is 23.2. The summed E-state index contributed by atoms with van der Waals surface area (Å²) < 4.78 is 28.0. The van der Waals surface area contributed by atoms with Crippen molar-refractivity contribution >= 4 is 37.1 Å². The first-order valence-corrected chi connectivity index (χ1v) is 12.8. The third kappa shape index (κ3) is 3.99. The quantitative estimate of drug-likeness (QED) is 0.290. The molecule has 166 valence electrons. The standard InChI is InChI=1S/C27H22ClNO3S/c1-27(2)23-10-6-7-11-25(23)29(26-17-16-22(18-24(26)27)32-33(28,30)31)21-14-12-20(13-15-21)19-8-4-3-5-9-19/h3-18H,1-2H3. The van der Waals surface area contributed by atoms with Gasteiger partial charge < -0.3 is 9.08 Å². The number of hydrogen-bond donors (Lipinski definition) is 0. The highest BCUT2D eigenvalue weighted by Gasteiger charge is 2.37. The molecule has 4 aromatic carbocycles. The van der Waals surface area contributed by atoms with Crippen molar-refractivity contribution in [3.8, 4) is 16.9 Å². The monoisotopic (exact) mass is 475 g/mol. The van der Waals surface area contributed by atoms with Gasteiger partial charge in [-0.2, -0.15) is 8.42 Å². The molecule has 5 rings (SSSR count). The van der Waals surface area contributed by atoms with Gasteiger partial charge in [0.05, 0.1) is 22.1 Å². The number of hydrogen-bond acceptors (Lipinski definition) is 4. The lowest BCUT2D eigenvalue weighted by molar-refractivity contribution is 0.501. The molecule has 0 saturated carbocycles. The summed E-state index contributed by atoms with van der Waals surface area (Å²) >= 11 is 0. The van der Waals surface area contributed by atoms with E-state index in [0.29, 0.717) is 0 Å². The minimum atomic E-state index is -4.14. The van der Waals surface area contributed by atoms with Crippen LogP contribution in [0.5, 0.6) is 5.75 Å². The molecular weight excluding hydrogens is 454 g/mol. The average molecular weight is 476 g/mol. The van der Waals surface area contributed by atoms with Crippen LogP contribution in [-0.4, -0.2) is 8.42 Å². The van der Waals surface area contributed by atoms with Crippen LogP contribution in [0.2, 0.25) is 0 Å². The normalized spacial score (nSPS) is 14.3. The molecule has 0 radical (unpaired) electrons. The predicted octanol–water partition coefficient (Wildman–Crippen LogP) is 7.33. The van der Waals surface area contributed by atoms with Gasteiger partial charge in [0.1, 0.15) is 5.75 Å². The van der Waals surface area contributed by atoms with Crippen molar-refractivity contribution < 1.29 is 12.6 Å². The summed E-state index contributed by atoms with van der Waals surface area (Å²) in [6, 6.07) is 32.2. The Labute approximate surface area is 198 Å². The lowest BCUT2D eigenvalue weighted by atomic mass is 9.73. The lowest BCUT2D eigenvalue weighted by Gasteiger charge is -2.42. The Morgan fingerprint density at radius 3 is 2.03 bits per heavy atom. The Morgan fingerprint density at radius 2 is 1.33 bits per heavy atom. The van der Waals surface area contributed by atoms with Crippen molar-refractivity contribution in [1.29, 1.82) is 0 Å². The highest BCUT2D eigenvalue weighted by atomic mass is 35.7. The molecule has 0 saturated heterocycles. The molecule has 4 aromatic rings. The fourth-order valence-corrected chi connectivity index (χ4v) is 5.11. The second kappa shape index (κ2) is 7.94. The van der Waals surface area contributed by atoms with E-state index in [-0.39, 0.29) is 11.2 Å². The Balaban J connectivity index is 1.66. The zero-order valence-electron chi connectivity index (χ0n) is 18.2. The topological polar surface area (TPSA) is 46.6 Å². The second-order valence-electron chi connectivity index (χ2n) is 8.55. The van der Waals surface area contributed by atoms with Gasteiger partial charge in [-0.3, -0.25) is 0 Å². The van der Waals surface area contributed by atoms with Gasteiger partial charge in [0.2, 0.25) is 0 Å². The van der Waals surface area contributed by atoms with Crippen LogP contribution >= 0.6 is 10.7 Å². The lowest BCUT2D eigenvalue weighted by Crippen LogP contribution is -2.30. The second-order valence-corrected chi connectivity index (χ2v) is 10.6. The van der Waals surface area contributed by atoms with Gasteiger partial charge >= 0.3 is 9.33 Å². The molecule has 1 aliphatic heterocycles. The van der Waals surface area contributed by atoms with E-state index < -0.39 is 9.33 Å². The van der Waals surface area contributed by atoms with Gasteiger partial charge in [-0.15, -0.1) is 0 Å². The van der Waals surface area contributed by atoms with Crippen LogP contribution in [-0.2, 0) is 14.7 Å². The van der Waals surface area contributed by atoms with E-state index in [9.17, 15) is 8.42 Å². The highest BCUT2D eigenvalue weighted by molar-refractivity contribution is 8.10. The van der Waals surface area contributed by atoms with Gasteiger partial charge in [-0.25, -0.2) is 0 Å². The maximum Gasteiger partial charge on any atom is 0.401 e. The van der Waals surface area contributed by atoms with E-state index in [1.165, 1.54) is 0 Å². The van der Waals surface area contributed by atoms with Gasteiger partial charge in [0.25, 0.3) is 0 Å². The minimum absolute atomic E-state index is 0.190. The van der Waals surface area contributed by atoms with Crippen LogP contribution in [0, 0.1) is 0 Å². The molecule has 33 heavy (non-hydrogen) atoms. The zero-order valence-corrected chi connectivity index (χ0v) is 19.8. The molecule has 0 bridgehead atoms. The first-order valence-electron chi connectivity index (χ1n) is 10.6. The number of rotatable bonds is 4. The van der Waals surface area contributed by atoms with E-state index in [1.54, 1.807) is 12.1 Å². The Hall–Kier alpha value is -3.28. The number of anilines is 3. The van der Waals surface area contributed by atoms with Crippen LogP contribution in [0.4, 0.5) is 17.1 Å². The van der Waals surface area contributed by atoms with Crippen LogP contribution in [0.25, 0.3) is 11.1 Å². The minimum Gasteiger partial charge on any atom is -0.371 e. The average Bonchev–Trinajstić information content (AvgIpc) is 2.80. The summed E-state index contributed by atoms with van der Waals surface area (Å²) in [4.78, 5) is 2.20. The highest BCUT2D eigenvalue weighted by Crippen LogP contribution is 2.52. The SMILES string of the molecule is CC1(C)c2ccccc2N(c2ccc(-c3ccccc3)cc2)c2ccc(OS(=O)(=O)Cl)cc21. The molecule has 0 aliphatic carbocycles. The molecule has 1 heterocycles. The van der Waals surface area contributed by atoms with E-state index >= 15 is 0 Å². The van der Waals surface area contributed by atoms with Crippen LogP contribution in [0.15, 0.2) is 97.1 Å². The molecule has 0 amide bonds. The fraction of sp³-hybridized carbons (Fsp3) is 0.111. The fourth-order valence-electron chi connectivity index (χ4n) is 4.56. The molecule has 0 N–H and O–H groups in total. The summed E-state index contributed by atoms with van der Waals surface area (Å²) in [7, 11) is 1.19. The summed E-state index contributed by atoms with van der Waals surface area (Å²) in [5.41, 5.74) is 7.07. The van der Waals surface area contributed by atoms with Crippen molar-refractivity contribution in [2.24, 2.45) is 0 Å². The predicted molar refractivity (Wildman–Crippen MR) is 134 cm³/mol. The number of fused-ring (bicyclic) bond motifs is 2. The third-order valence-electron chi connectivity index (χ3n) is 6.13. The van der Waals surface area contributed by atoms with Crippen LogP contribution in [0.3, 0.4) is 0 Å². The summed E-state index contributed by atoms with van der Waals surface area (Å²) in [5, 5.41) is 0.